The van der Waals surface area contributed by atoms with E-state index in [-0.39, 0.29) is 0 Å². The number of nitrogens with zero attached hydrogens (tertiary/aromatic N) is 4. The van der Waals surface area contributed by atoms with Gasteiger partial charge in [-0.3, -0.25) is 0 Å². The van der Waals surface area contributed by atoms with Crippen molar-refractivity contribution >= 4 is 11.5 Å². The maximum atomic E-state index is 5.45. The van der Waals surface area contributed by atoms with E-state index in [1.807, 2.05) is 6.07 Å². The molecule has 6 rings (SSSR count). The Morgan fingerprint density at radius 3 is 2.53 bits per heavy atom. The number of rotatable bonds is 6. The fourth-order valence-corrected chi connectivity index (χ4v) is 5.42. The van der Waals surface area contributed by atoms with E-state index in [0.717, 1.165) is 42.0 Å². The van der Waals surface area contributed by atoms with Crippen molar-refractivity contribution in [3.8, 4) is 16.9 Å². The minimum Gasteiger partial charge on any atom is -0.497 e. The van der Waals surface area contributed by atoms with E-state index in [9.17, 15) is 0 Å². The van der Waals surface area contributed by atoms with Gasteiger partial charge in [-0.1, -0.05) is 35.9 Å². The van der Waals surface area contributed by atoms with Crippen molar-refractivity contribution < 1.29 is 4.74 Å². The zero-order chi connectivity index (χ0) is 23.4. The Balaban J connectivity index is 1.54. The van der Waals surface area contributed by atoms with E-state index < -0.39 is 0 Å². The van der Waals surface area contributed by atoms with Crippen LogP contribution in [0.3, 0.4) is 0 Å². The number of methoxy groups -OCH3 is 1. The van der Waals surface area contributed by atoms with Gasteiger partial charge in [0.25, 0.3) is 0 Å². The Morgan fingerprint density at radius 1 is 1.03 bits per heavy atom. The summed E-state index contributed by atoms with van der Waals surface area (Å²) in [5.74, 6) is 2.14. The van der Waals surface area contributed by atoms with Crippen LogP contribution >= 0.6 is 0 Å². The molecule has 0 amide bonds. The molecule has 1 fully saturated rings. The summed E-state index contributed by atoms with van der Waals surface area (Å²) >= 11 is 0. The molecule has 0 atom stereocenters. The predicted molar refractivity (Wildman–Crippen MR) is 137 cm³/mol. The molecular formula is C29H32N4O. The van der Waals surface area contributed by atoms with Crippen molar-refractivity contribution in [1.82, 2.24) is 14.6 Å². The van der Waals surface area contributed by atoms with Crippen LogP contribution in [0.5, 0.6) is 5.75 Å². The first-order chi connectivity index (χ1) is 16.5. The Hall–Kier alpha value is -3.34. The Labute approximate surface area is 201 Å². The fourth-order valence-electron chi connectivity index (χ4n) is 5.42. The molecule has 2 aromatic heterocycles. The molecule has 4 aromatic rings. The number of aromatic nitrogens is 3. The van der Waals surface area contributed by atoms with Gasteiger partial charge in [0.2, 0.25) is 0 Å². The molecule has 34 heavy (non-hydrogen) atoms. The Kier molecular flexibility index (Phi) is 5.09. The molecule has 5 heteroatoms. The summed E-state index contributed by atoms with van der Waals surface area (Å²) in [6.45, 7) is 7.32. The van der Waals surface area contributed by atoms with Crippen LogP contribution in [-0.2, 0) is 19.4 Å². The molecule has 0 radical (unpaired) electrons. The van der Waals surface area contributed by atoms with Crippen LogP contribution in [0.4, 0.5) is 5.82 Å². The molecule has 2 aliphatic carbocycles. The molecule has 2 aliphatic rings. The standard InChI is InChI=1S/C29H32N4O/c1-18-8-10-21(11-9-18)17-32(22-12-13-22)29-25-6-5-7-26(25)30-28-27(20(3)31-33(28)29)24-15-14-23(34-4)16-19(24)2/h8-11,14-16,22H,5-7,12-13,17H2,1-4H3. The minimum atomic E-state index is 0.576. The SMILES string of the molecule is COc1ccc(-c2c(C)nn3c(N(Cc4ccc(C)cc4)C4CC4)c4c(nc23)CCC4)c(C)c1. The fraction of sp³-hybridized carbons (Fsp3) is 0.379. The lowest BCUT2D eigenvalue weighted by molar-refractivity contribution is 0.414. The lowest BCUT2D eigenvalue weighted by Crippen LogP contribution is -2.29. The number of benzene rings is 2. The molecular weight excluding hydrogens is 420 g/mol. The second-order valence-corrected chi connectivity index (χ2v) is 9.94. The van der Waals surface area contributed by atoms with Crippen LogP contribution in [0.25, 0.3) is 16.8 Å². The molecule has 0 saturated heterocycles. The molecule has 0 spiro atoms. The minimum absolute atomic E-state index is 0.576. The van der Waals surface area contributed by atoms with Gasteiger partial charge in [0, 0.05) is 29.4 Å². The molecule has 2 heterocycles. The first-order valence-electron chi connectivity index (χ1n) is 12.4. The summed E-state index contributed by atoms with van der Waals surface area (Å²) in [6.07, 6.45) is 5.79. The number of fused-ring (bicyclic) bond motifs is 2. The predicted octanol–water partition coefficient (Wildman–Crippen LogP) is 5.99. The van der Waals surface area contributed by atoms with Gasteiger partial charge in [-0.25, -0.2) is 4.98 Å². The van der Waals surface area contributed by atoms with Gasteiger partial charge in [-0.2, -0.15) is 9.61 Å². The average molecular weight is 453 g/mol. The third-order valence-electron chi connectivity index (χ3n) is 7.37. The van der Waals surface area contributed by atoms with Crippen molar-refractivity contribution in [2.75, 3.05) is 12.0 Å². The van der Waals surface area contributed by atoms with E-state index >= 15 is 0 Å². The van der Waals surface area contributed by atoms with Crippen LogP contribution in [-0.4, -0.2) is 27.7 Å². The van der Waals surface area contributed by atoms with E-state index in [4.69, 9.17) is 14.8 Å². The van der Waals surface area contributed by atoms with Crippen molar-refractivity contribution in [3.63, 3.8) is 0 Å². The second-order valence-electron chi connectivity index (χ2n) is 9.94. The Morgan fingerprint density at radius 2 is 1.82 bits per heavy atom. The first kappa shape index (κ1) is 21.2. The van der Waals surface area contributed by atoms with Crippen LogP contribution < -0.4 is 9.64 Å². The molecule has 1 saturated carbocycles. The van der Waals surface area contributed by atoms with Crippen molar-refractivity contribution in [3.05, 3.63) is 76.1 Å². The topological polar surface area (TPSA) is 42.7 Å². The zero-order valence-corrected chi connectivity index (χ0v) is 20.6. The number of aryl methyl sites for hydroxylation is 4. The van der Waals surface area contributed by atoms with Gasteiger partial charge in [0.1, 0.15) is 11.6 Å². The van der Waals surface area contributed by atoms with Gasteiger partial charge in [0.15, 0.2) is 5.65 Å². The largest absolute Gasteiger partial charge is 0.497 e. The number of hydrogen-bond acceptors (Lipinski definition) is 4. The molecule has 5 nitrogen and oxygen atoms in total. The summed E-state index contributed by atoms with van der Waals surface area (Å²) in [4.78, 5) is 7.83. The van der Waals surface area contributed by atoms with Crippen LogP contribution in [0.2, 0.25) is 0 Å². The number of hydrogen-bond donors (Lipinski definition) is 0. The second kappa shape index (κ2) is 8.15. The average Bonchev–Trinajstić information content (AvgIpc) is 3.48. The number of ether oxygens (including phenoxy) is 1. The van der Waals surface area contributed by atoms with E-state index in [1.165, 1.54) is 58.6 Å². The van der Waals surface area contributed by atoms with Gasteiger partial charge in [-0.05, 0) is 81.7 Å². The molecule has 2 aromatic carbocycles. The van der Waals surface area contributed by atoms with Gasteiger partial charge >= 0.3 is 0 Å². The monoisotopic (exact) mass is 452 g/mol. The van der Waals surface area contributed by atoms with E-state index in [2.05, 4.69) is 66.6 Å². The summed E-state index contributed by atoms with van der Waals surface area (Å²) in [5, 5.41) is 5.12. The smallest absolute Gasteiger partial charge is 0.165 e. The van der Waals surface area contributed by atoms with Gasteiger partial charge in [0.05, 0.1) is 12.8 Å². The normalized spacial score (nSPS) is 15.1. The van der Waals surface area contributed by atoms with Crippen LogP contribution in [0.15, 0.2) is 42.5 Å². The summed E-state index contributed by atoms with van der Waals surface area (Å²) in [6, 6.07) is 15.8. The zero-order valence-electron chi connectivity index (χ0n) is 20.6. The third kappa shape index (κ3) is 3.54. The first-order valence-corrected chi connectivity index (χ1v) is 12.4. The van der Waals surface area contributed by atoms with Crippen molar-refractivity contribution in [2.45, 2.75) is 65.5 Å². The van der Waals surface area contributed by atoms with Crippen LogP contribution in [0, 0.1) is 20.8 Å². The summed E-state index contributed by atoms with van der Waals surface area (Å²) in [5.41, 5.74) is 10.8. The van der Waals surface area contributed by atoms with E-state index in [1.54, 1.807) is 7.11 Å². The van der Waals surface area contributed by atoms with Crippen molar-refractivity contribution in [1.29, 1.82) is 0 Å². The van der Waals surface area contributed by atoms with Gasteiger partial charge in [-0.15, -0.1) is 0 Å². The lowest BCUT2D eigenvalue weighted by atomic mass is 10.0. The Bertz CT molecular complexity index is 1380. The highest BCUT2D eigenvalue weighted by Crippen LogP contribution is 2.41. The highest BCUT2D eigenvalue weighted by molar-refractivity contribution is 5.84. The maximum absolute atomic E-state index is 5.45. The summed E-state index contributed by atoms with van der Waals surface area (Å²) < 4.78 is 7.61. The molecule has 0 N–H and O–H groups in total. The van der Waals surface area contributed by atoms with E-state index in [0.29, 0.717) is 6.04 Å². The maximum Gasteiger partial charge on any atom is 0.165 e. The molecule has 0 unspecified atom stereocenters. The summed E-state index contributed by atoms with van der Waals surface area (Å²) in [7, 11) is 1.71. The van der Waals surface area contributed by atoms with Gasteiger partial charge < -0.3 is 9.64 Å². The number of anilines is 1. The lowest BCUT2D eigenvalue weighted by Gasteiger charge is -2.27. The highest BCUT2D eigenvalue weighted by atomic mass is 16.5. The van der Waals surface area contributed by atoms with Crippen molar-refractivity contribution in [2.24, 2.45) is 0 Å². The highest BCUT2D eigenvalue weighted by Gasteiger charge is 2.35. The molecule has 0 bridgehead atoms. The van der Waals surface area contributed by atoms with Crippen LogP contribution in [0.1, 0.15) is 52.9 Å². The molecule has 0 aliphatic heterocycles. The quantitative estimate of drug-likeness (QED) is 0.360. The third-order valence-corrected chi connectivity index (χ3v) is 7.37. The molecule has 174 valence electrons.